The maximum atomic E-state index is 13.1. The average Bonchev–Trinajstić information content (AvgIpc) is 3.37. The van der Waals surface area contributed by atoms with Crippen molar-refractivity contribution in [3.63, 3.8) is 0 Å². The van der Waals surface area contributed by atoms with Crippen molar-refractivity contribution in [1.29, 1.82) is 0 Å². The molecule has 0 atom stereocenters. The van der Waals surface area contributed by atoms with Crippen molar-refractivity contribution < 1.29 is 9.53 Å². The molecule has 0 radical (unpaired) electrons. The molecule has 0 bridgehead atoms. The summed E-state index contributed by atoms with van der Waals surface area (Å²) in [7, 11) is 1.68. The van der Waals surface area contributed by atoms with Gasteiger partial charge in [0.05, 0.1) is 17.3 Å². The molecular weight excluding hydrogens is 370 g/mol. The van der Waals surface area contributed by atoms with E-state index in [-0.39, 0.29) is 5.92 Å². The standard InChI is InChI=1S/C22H23N3O2S/c1-27-17-6-7-18-20(14-17)28-22(23-18)24-11-8-16(9-12-24)21(26)25-13-10-15-4-2-3-5-19(15)25/h2-7,14,16H,8-13H2,1H3. The van der Waals surface area contributed by atoms with Crippen LogP contribution in [0.15, 0.2) is 42.5 Å². The van der Waals surface area contributed by atoms with Gasteiger partial charge in [0.25, 0.3) is 0 Å². The number of aromatic nitrogens is 1. The number of amides is 1. The highest BCUT2D eigenvalue weighted by atomic mass is 32.1. The van der Waals surface area contributed by atoms with Crippen LogP contribution in [-0.4, -0.2) is 37.6 Å². The summed E-state index contributed by atoms with van der Waals surface area (Å²) in [5.41, 5.74) is 3.40. The number of thiazole rings is 1. The Balaban J connectivity index is 1.27. The molecule has 2 aliphatic heterocycles. The molecule has 1 amide bonds. The van der Waals surface area contributed by atoms with Crippen molar-refractivity contribution in [3.8, 4) is 5.75 Å². The molecule has 1 saturated heterocycles. The number of para-hydroxylation sites is 1. The third-order valence-electron chi connectivity index (χ3n) is 5.85. The number of methoxy groups -OCH3 is 1. The quantitative estimate of drug-likeness (QED) is 0.672. The number of fused-ring (bicyclic) bond motifs is 2. The van der Waals surface area contributed by atoms with E-state index < -0.39 is 0 Å². The van der Waals surface area contributed by atoms with E-state index in [1.54, 1.807) is 18.4 Å². The van der Waals surface area contributed by atoms with Crippen LogP contribution in [0.25, 0.3) is 10.2 Å². The van der Waals surface area contributed by atoms with Crippen LogP contribution in [0.3, 0.4) is 0 Å². The zero-order valence-corrected chi connectivity index (χ0v) is 16.7. The fourth-order valence-electron chi connectivity index (χ4n) is 4.26. The second-order valence-electron chi connectivity index (χ2n) is 7.46. The van der Waals surface area contributed by atoms with Crippen molar-refractivity contribution in [3.05, 3.63) is 48.0 Å². The molecule has 6 heteroatoms. The highest BCUT2D eigenvalue weighted by Crippen LogP contribution is 2.35. The third kappa shape index (κ3) is 3.02. The lowest BCUT2D eigenvalue weighted by Gasteiger charge is -2.33. The van der Waals surface area contributed by atoms with Gasteiger partial charge in [-0.15, -0.1) is 0 Å². The largest absolute Gasteiger partial charge is 0.497 e. The van der Waals surface area contributed by atoms with Crippen molar-refractivity contribution in [2.24, 2.45) is 5.92 Å². The number of anilines is 2. The zero-order valence-electron chi connectivity index (χ0n) is 15.9. The number of benzene rings is 2. The van der Waals surface area contributed by atoms with Crippen LogP contribution in [0.4, 0.5) is 10.8 Å². The van der Waals surface area contributed by atoms with Gasteiger partial charge in [0.2, 0.25) is 5.91 Å². The molecule has 0 aliphatic carbocycles. The molecule has 144 valence electrons. The lowest BCUT2D eigenvalue weighted by molar-refractivity contribution is -0.122. The highest BCUT2D eigenvalue weighted by Gasteiger charge is 2.32. The molecular formula is C22H23N3O2S. The minimum atomic E-state index is 0.108. The first-order chi connectivity index (χ1) is 13.7. The Morgan fingerprint density at radius 1 is 1.14 bits per heavy atom. The second kappa shape index (κ2) is 7.09. The van der Waals surface area contributed by atoms with Crippen molar-refractivity contribution >= 4 is 38.3 Å². The molecule has 2 aliphatic rings. The number of rotatable bonds is 3. The molecule has 3 heterocycles. The van der Waals surface area contributed by atoms with Gasteiger partial charge in [0.15, 0.2) is 5.13 Å². The summed E-state index contributed by atoms with van der Waals surface area (Å²) in [4.78, 5) is 22.2. The molecule has 3 aromatic rings. The monoisotopic (exact) mass is 393 g/mol. The first-order valence-corrected chi connectivity index (χ1v) is 10.6. The molecule has 0 N–H and O–H groups in total. The Kier molecular flexibility index (Phi) is 4.43. The number of carbonyl (C=O) groups is 1. The molecule has 28 heavy (non-hydrogen) atoms. The van der Waals surface area contributed by atoms with E-state index in [1.165, 1.54) is 5.56 Å². The average molecular weight is 394 g/mol. The van der Waals surface area contributed by atoms with E-state index in [0.29, 0.717) is 5.91 Å². The van der Waals surface area contributed by atoms with E-state index in [0.717, 1.165) is 65.7 Å². The number of hydrogen-bond donors (Lipinski definition) is 0. The molecule has 0 spiro atoms. The topological polar surface area (TPSA) is 45.7 Å². The maximum Gasteiger partial charge on any atom is 0.230 e. The van der Waals surface area contributed by atoms with E-state index in [4.69, 9.17) is 9.72 Å². The molecule has 1 aromatic heterocycles. The van der Waals surface area contributed by atoms with Crippen LogP contribution in [0.5, 0.6) is 5.75 Å². The molecule has 2 aromatic carbocycles. The Morgan fingerprint density at radius 3 is 2.79 bits per heavy atom. The SMILES string of the molecule is COc1ccc2nc(N3CCC(C(=O)N4CCc5ccccc54)CC3)sc2c1. The lowest BCUT2D eigenvalue weighted by Crippen LogP contribution is -2.42. The van der Waals surface area contributed by atoms with Crippen LogP contribution >= 0.6 is 11.3 Å². The van der Waals surface area contributed by atoms with Gasteiger partial charge < -0.3 is 14.5 Å². The van der Waals surface area contributed by atoms with Crippen LogP contribution < -0.4 is 14.5 Å². The minimum Gasteiger partial charge on any atom is -0.497 e. The van der Waals surface area contributed by atoms with Gasteiger partial charge in [-0.1, -0.05) is 29.5 Å². The third-order valence-corrected chi connectivity index (χ3v) is 6.93. The summed E-state index contributed by atoms with van der Waals surface area (Å²) in [6.45, 7) is 2.57. The van der Waals surface area contributed by atoms with Crippen LogP contribution in [0, 0.1) is 5.92 Å². The van der Waals surface area contributed by atoms with Gasteiger partial charge in [-0.05, 0) is 49.1 Å². The Hall–Kier alpha value is -2.60. The molecule has 5 nitrogen and oxygen atoms in total. The Bertz CT molecular complexity index is 1020. The van der Waals surface area contributed by atoms with Gasteiger partial charge in [-0.3, -0.25) is 4.79 Å². The first-order valence-electron chi connectivity index (χ1n) is 9.82. The summed E-state index contributed by atoms with van der Waals surface area (Å²) in [6.07, 6.45) is 2.74. The van der Waals surface area contributed by atoms with Gasteiger partial charge in [-0.2, -0.15) is 0 Å². The summed E-state index contributed by atoms with van der Waals surface area (Å²) < 4.78 is 6.45. The van der Waals surface area contributed by atoms with E-state index in [2.05, 4.69) is 23.1 Å². The van der Waals surface area contributed by atoms with Gasteiger partial charge in [-0.25, -0.2) is 4.98 Å². The number of ether oxygens (including phenoxy) is 1. The summed E-state index contributed by atoms with van der Waals surface area (Å²) in [5, 5.41) is 1.04. The molecule has 1 fully saturated rings. The molecule has 5 rings (SSSR count). The van der Waals surface area contributed by atoms with Crippen LogP contribution in [-0.2, 0) is 11.2 Å². The fourth-order valence-corrected chi connectivity index (χ4v) is 5.31. The summed E-state index contributed by atoms with van der Waals surface area (Å²) in [6, 6.07) is 14.3. The van der Waals surface area contributed by atoms with Crippen LogP contribution in [0.2, 0.25) is 0 Å². The summed E-state index contributed by atoms with van der Waals surface area (Å²) in [5.74, 6) is 1.26. The number of piperidine rings is 1. The first kappa shape index (κ1) is 17.5. The predicted molar refractivity (Wildman–Crippen MR) is 114 cm³/mol. The van der Waals surface area contributed by atoms with E-state index in [1.807, 2.05) is 29.2 Å². The second-order valence-corrected chi connectivity index (χ2v) is 8.47. The minimum absolute atomic E-state index is 0.108. The van der Waals surface area contributed by atoms with Gasteiger partial charge in [0.1, 0.15) is 5.75 Å². The number of carbonyl (C=O) groups excluding carboxylic acids is 1. The molecule has 0 unspecified atom stereocenters. The zero-order chi connectivity index (χ0) is 19.1. The highest BCUT2D eigenvalue weighted by molar-refractivity contribution is 7.22. The lowest BCUT2D eigenvalue weighted by atomic mass is 9.95. The van der Waals surface area contributed by atoms with Crippen molar-refractivity contribution in [1.82, 2.24) is 4.98 Å². The predicted octanol–water partition coefficient (Wildman–Crippen LogP) is 4.11. The van der Waals surface area contributed by atoms with Gasteiger partial charge >= 0.3 is 0 Å². The normalized spacial score (nSPS) is 17.2. The fraction of sp³-hybridized carbons (Fsp3) is 0.364. The number of nitrogens with zero attached hydrogens (tertiary/aromatic N) is 3. The Labute approximate surface area is 168 Å². The van der Waals surface area contributed by atoms with E-state index >= 15 is 0 Å². The van der Waals surface area contributed by atoms with Crippen LogP contribution in [0.1, 0.15) is 18.4 Å². The van der Waals surface area contributed by atoms with Gasteiger partial charge in [0, 0.05) is 31.2 Å². The Morgan fingerprint density at radius 2 is 1.96 bits per heavy atom. The maximum absolute atomic E-state index is 13.1. The van der Waals surface area contributed by atoms with Crippen molar-refractivity contribution in [2.45, 2.75) is 19.3 Å². The molecule has 0 saturated carbocycles. The summed E-state index contributed by atoms with van der Waals surface area (Å²) >= 11 is 1.70. The smallest absolute Gasteiger partial charge is 0.230 e. The van der Waals surface area contributed by atoms with Crippen molar-refractivity contribution in [2.75, 3.05) is 36.5 Å². The van der Waals surface area contributed by atoms with E-state index in [9.17, 15) is 4.79 Å². The number of hydrogen-bond acceptors (Lipinski definition) is 5.